The van der Waals surface area contributed by atoms with Gasteiger partial charge in [0.25, 0.3) is 0 Å². The molecule has 0 saturated carbocycles. The molecule has 90 valence electrons. The van der Waals surface area contributed by atoms with Crippen molar-refractivity contribution in [2.24, 2.45) is 0 Å². The van der Waals surface area contributed by atoms with E-state index in [4.69, 9.17) is 4.74 Å². The van der Waals surface area contributed by atoms with E-state index in [9.17, 15) is 0 Å². The Bertz CT molecular complexity index is 296. The number of methoxy groups -OCH3 is 1. The minimum absolute atomic E-state index is 0. The van der Waals surface area contributed by atoms with E-state index in [0.717, 1.165) is 38.5 Å². The Labute approximate surface area is 103 Å². The van der Waals surface area contributed by atoms with Crippen LogP contribution in [0.25, 0.3) is 0 Å². The van der Waals surface area contributed by atoms with Crippen LogP contribution in [0.1, 0.15) is 5.56 Å². The number of ether oxygens (including phenoxy) is 1. The highest BCUT2D eigenvalue weighted by atomic mass is 35.5. The summed E-state index contributed by atoms with van der Waals surface area (Å²) in [5, 5.41) is 3.36. The molecule has 1 N–H and O–H groups in total. The van der Waals surface area contributed by atoms with Gasteiger partial charge in [-0.2, -0.15) is 0 Å². The van der Waals surface area contributed by atoms with Crippen LogP contribution < -0.4 is 22.5 Å². The topological polar surface area (TPSA) is 24.5 Å². The molecule has 0 aliphatic carbocycles. The Morgan fingerprint density at radius 3 is 2.38 bits per heavy atom. The van der Waals surface area contributed by atoms with Crippen molar-refractivity contribution in [3.8, 4) is 5.75 Å². The Morgan fingerprint density at radius 2 is 1.81 bits per heavy atom. The lowest BCUT2D eigenvalue weighted by Gasteiger charge is -2.27. The molecule has 0 unspecified atom stereocenters. The predicted octanol–water partition coefficient (Wildman–Crippen LogP) is -1.90. The van der Waals surface area contributed by atoms with Gasteiger partial charge in [-0.05, 0) is 17.7 Å². The number of piperazine rings is 1. The Balaban J connectivity index is 0.00000128. The molecule has 1 heterocycles. The lowest BCUT2D eigenvalue weighted by molar-refractivity contribution is -0.00000347. The molecular weight excluding hydrogens is 224 g/mol. The molecule has 1 aliphatic heterocycles. The molecule has 0 amide bonds. The third-order valence-corrected chi connectivity index (χ3v) is 2.77. The van der Waals surface area contributed by atoms with Crippen LogP contribution in [-0.2, 0) is 6.54 Å². The van der Waals surface area contributed by atoms with Crippen molar-refractivity contribution in [3.05, 3.63) is 29.8 Å². The molecule has 1 fully saturated rings. The molecule has 3 nitrogen and oxygen atoms in total. The smallest absolute Gasteiger partial charge is 0.118 e. The maximum absolute atomic E-state index is 5.14. The van der Waals surface area contributed by atoms with Gasteiger partial charge < -0.3 is 22.5 Å². The molecule has 0 spiro atoms. The highest BCUT2D eigenvalue weighted by Crippen LogP contribution is 2.13. The van der Waals surface area contributed by atoms with E-state index < -0.39 is 0 Å². The van der Waals surface area contributed by atoms with Gasteiger partial charge in [0.15, 0.2) is 0 Å². The van der Waals surface area contributed by atoms with Crippen molar-refractivity contribution >= 4 is 0 Å². The largest absolute Gasteiger partial charge is 1.00 e. The Kier molecular flexibility index (Phi) is 5.60. The number of benzene rings is 1. The summed E-state index contributed by atoms with van der Waals surface area (Å²) < 4.78 is 5.14. The normalized spacial score (nSPS) is 16.6. The van der Waals surface area contributed by atoms with Crippen LogP contribution >= 0.6 is 0 Å². The fraction of sp³-hybridized carbons (Fsp3) is 0.500. The van der Waals surface area contributed by atoms with Crippen LogP contribution in [0.2, 0.25) is 0 Å². The fourth-order valence-electron chi connectivity index (χ4n) is 1.86. The van der Waals surface area contributed by atoms with Gasteiger partial charge in [-0.1, -0.05) is 12.1 Å². The van der Waals surface area contributed by atoms with Crippen molar-refractivity contribution in [3.63, 3.8) is 0 Å². The van der Waals surface area contributed by atoms with Gasteiger partial charge in [-0.25, -0.2) is 0 Å². The first-order valence-electron chi connectivity index (χ1n) is 5.44. The van der Waals surface area contributed by atoms with Gasteiger partial charge in [0.1, 0.15) is 5.75 Å². The van der Waals surface area contributed by atoms with Crippen LogP contribution in [0, 0.1) is 0 Å². The molecule has 0 aromatic heterocycles. The van der Waals surface area contributed by atoms with Crippen molar-refractivity contribution < 1.29 is 17.1 Å². The number of hydrogen-bond acceptors (Lipinski definition) is 3. The zero-order valence-corrected chi connectivity index (χ0v) is 10.3. The summed E-state index contributed by atoms with van der Waals surface area (Å²) in [4.78, 5) is 2.47. The van der Waals surface area contributed by atoms with Gasteiger partial charge in [0.2, 0.25) is 0 Å². The molecule has 0 radical (unpaired) electrons. The quantitative estimate of drug-likeness (QED) is 0.670. The standard InChI is InChI=1S/C12H18N2O.ClH/c1-15-12-4-2-11(3-5-12)10-14-8-6-13-7-9-14;/h2-5,13H,6-10H2,1H3;1H/p-1. The molecule has 1 aromatic carbocycles. The number of hydrogen-bond donors (Lipinski definition) is 1. The van der Waals surface area contributed by atoms with Crippen molar-refractivity contribution in [2.45, 2.75) is 6.54 Å². The van der Waals surface area contributed by atoms with Crippen LogP contribution in [0.4, 0.5) is 0 Å². The first-order valence-corrected chi connectivity index (χ1v) is 5.44. The van der Waals surface area contributed by atoms with E-state index in [1.807, 2.05) is 12.1 Å². The first-order chi connectivity index (χ1) is 7.38. The van der Waals surface area contributed by atoms with Crippen LogP contribution in [0.15, 0.2) is 24.3 Å². The number of rotatable bonds is 3. The predicted molar refractivity (Wildman–Crippen MR) is 61.1 cm³/mol. The average Bonchev–Trinajstić information content (AvgIpc) is 2.31. The van der Waals surface area contributed by atoms with Gasteiger partial charge in [0, 0.05) is 32.7 Å². The zero-order valence-electron chi connectivity index (χ0n) is 9.58. The monoisotopic (exact) mass is 241 g/mol. The van der Waals surface area contributed by atoms with E-state index in [1.54, 1.807) is 7.11 Å². The Morgan fingerprint density at radius 1 is 1.19 bits per heavy atom. The second-order valence-electron chi connectivity index (χ2n) is 3.87. The minimum atomic E-state index is 0. The number of nitrogens with one attached hydrogen (secondary N) is 1. The summed E-state index contributed by atoms with van der Waals surface area (Å²) in [5.41, 5.74) is 1.36. The molecular formula is C12H18ClN2O-. The highest BCUT2D eigenvalue weighted by Gasteiger charge is 2.09. The lowest BCUT2D eigenvalue weighted by Crippen LogP contribution is -3.00. The summed E-state index contributed by atoms with van der Waals surface area (Å²) in [6.07, 6.45) is 0. The van der Waals surface area contributed by atoms with E-state index in [-0.39, 0.29) is 12.4 Å². The summed E-state index contributed by atoms with van der Waals surface area (Å²) in [5.74, 6) is 0.930. The van der Waals surface area contributed by atoms with Crippen LogP contribution in [-0.4, -0.2) is 38.2 Å². The second kappa shape index (κ2) is 6.74. The summed E-state index contributed by atoms with van der Waals surface area (Å²) in [6.45, 7) is 5.55. The van der Waals surface area contributed by atoms with Crippen molar-refractivity contribution in [1.82, 2.24) is 10.2 Å². The first kappa shape index (κ1) is 13.3. The van der Waals surface area contributed by atoms with E-state index >= 15 is 0 Å². The number of nitrogens with zero attached hydrogens (tertiary/aromatic N) is 1. The molecule has 0 bridgehead atoms. The third-order valence-electron chi connectivity index (χ3n) is 2.77. The van der Waals surface area contributed by atoms with Gasteiger partial charge in [0.05, 0.1) is 7.11 Å². The molecule has 1 aromatic rings. The van der Waals surface area contributed by atoms with Gasteiger partial charge in [-0.3, -0.25) is 4.90 Å². The Hall–Kier alpha value is -0.770. The third kappa shape index (κ3) is 3.67. The summed E-state index contributed by atoms with van der Waals surface area (Å²) in [7, 11) is 1.70. The maximum Gasteiger partial charge on any atom is 0.118 e. The van der Waals surface area contributed by atoms with E-state index in [2.05, 4.69) is 22.3 Å². The fourth-order valence-corrected chi connectivity index (χ4v) is 1.86. The maximum atomic E-state index is 5.14. The van der Waals surface area contributed by atoms with E-state index in [0.29, 0.717) is 0 Å². The number of halogens is 1. The zero-order chi connectivity index (χ0) is 10.5. The SMILES string of the molecule is COc1ccc(CN2CCNCC2)cc1.[Cl-]. The minimum Gasteiger partial charge on any atom is -1.00 e. The molecule has 2 rings (SSSR count). The highest BCUT2D eigenvalue weighted by molar-refractivity contribution is 5.27. The van der Waals surface area contributed by atoms with Crippen LogP contribution in [0.3, 0.4) is 0 Å². The average molecular weight is 242 g/mol. The van der Waals surface area contributed by atoms with Gasteiger partial charge in [-0.15, -0.1) is 0 Å². The molecule has 16 heavy (non-hydrogen) atoms. The van der Waals surface area contributed by atoms with E-state index in [1.165, 1.54) is 5.56 Å². The van der Waals surface area contributed by atoms with Gasteiger partial charge >= 0.3 is 0 Å². The lowest BCUT2D eigenvalue weighted by atomic mass is 10.2. The summed E-state index contributed by atoms with van der Waals surface area (Å²) >= 11 is 0. The van der Waals surface area contributed by atoms with Crippen molar-refractivity contribution in [2.75, 3.05) is 33.3 Å². The second-order valence-corrected chi connectivity index (χ2v) is 3.87. The molecule has 4 heteroatoms. The molecule has 0 atom stereocenters. The summed E-state index contributed by atoms with van der Waals surface area (Å²) in [6, 6.07) is 8.33. The van der Waals surface area contributed by atoms with Crippen molar-refractivity contribution in [1.29, 1.82) is 0 Å². The van der Waals surface area contributed by atoms with Crippen LogP contribution in [0.5, 0.6) is 5.75 Å². The molecule has 1 aliphatic rings. The molecule has 1 saturated heterocycles.